The summed E-state index contributed by atoms with van der Waals surface area (Å²) in [6.45, 7) is 4.49. The molecule has 2 aromatic rings. The number of hydrogen-bond acceptors (Lipinski definition) is 4. The van der Waals surface area contributed by atoms with Gasteiger partial charge in [-0.2, -0.15) is 4.98 Å². The van der Waals surface area contributed by atoms with Crippen molar-refractivity contribution in [2.24, 2.45) is 0 Å². The zero-order valence-corrected chi connectivity index (χ0v) is 10.5. The molecule has 0 saturated heterocycles. The summed E-state index contributed by atoms with van der Waals surface area (Å²) >= 11 is 0. The average molecular weight is 249 g/mol. The summed E-state index contributed by atoms with van der Waals surface area (Å²) in [6, 6.07) is 6.68. The van der Waals surface area contributed by atoms with E-state index < -0.39 is 0 Å². The lowest BCUT2D eigenvalue weighted by Gasteiger charge is -2.13. The third-order valence-electron chi connectivity index (χ3n) is 2.71. The maximum absolute atomic E-state index is 13.1. The van der Waals surface area contributed by atoms with Crippen molar-refractivity contribution < 1.29 is 8.91 Å². The fraction of sp³-hybridized carbons (Fsp3) is 0.385. The predicted molar refractivity (Wildman–Crippen MR) is 65.6 cm³/mol. The molecule has 0 spiro atoms. The predicted octanol–water partition coefficient (Wildman–Crippen LogP) is 2.41. The third kappa shape index (κ3) is 3.37. The van der Waals surface area contributed by atoms with Crippen molar-refractivity contribution in [2.45, 2.75) is 26.3 Å². The molecular weight excluding hydrogens is 233 g/mol. The summed E-state index contributed by atoms with van der Waals surface area (Å²) in [5.74, 6) is 1.04. The first-order valence-electron chi connectivity index (χ1n) is 5.93. The van der Waals surface area contributed by atoms with Crippen molar-refractivity contribution in [1.82, 2.24) is 15.5 Å². The van der Waals surface area contributed by atoms with Crippen LogP contribution in [0.4, 0.5) is 4.39 Å². The summed E-state index contributed by atoms with van der Waals surface area (Å²) in [5.41, 5.74) is 0.928. The van der Waals surface area contributed by atoms with E-state index in [1.807, 2.05) is 13.0 Å². The molecule has 0 aliphatic rings. The lowest BCUT2D eigenvalue weighted by molar-refractivity contribution is 0.370. The molecule has 96 valence electrons. The van der Waals surface area contributed by atoms with E-state index in [1.165, 1.54) is 12.1 Å². The van der Waals surface area contributed by atoms with Crippen LogP contribution in [0.1, 0.15) is 30.2 Å². The molecule has 1 aromatic heterocycles. The quantitative estimate of drug-likeness (QED) is 0.884. The first-order chi connectivity index (χ1) is 8.65. The second-order valence-electron chi connectivity index (χ2n) is 4.22. The van der Waals surface area contributed by atoms with E-state index in [0.717, 1.165) is 5.56 Å². The Labute approximate surface area is 105 Å². The minimum Gasteiger partial charge on any atom is -0.339 e. The summed E-state index contributed by atoms with van der Waals surface area (Å²) in [4.78, 5) is 4.12. The van der Waals surface area contributed by atoms with Gasteiger partial charge in [0.25, 0.3) is 0 Å². The second-order valence-corrected chi connectivity index (χ2v) is 4.22. The molecule has 0 unspecified atom stereocenters. The lowest BCUT2D eigenvalue weighted by atomic mass is 10.1. The molecule has 1 atom stereocenters. The summed E-state index contributed by atoms with van der Waals surface area (Å²) in [5, 5.41) is 7.01. The van der Waals surface area contributed by atoms with Gasteiger partial charge in [0.05, 0.1) is 0 Å². The second kappa shape index (κ2) is 5.73. The highest BCUT2D eigenvalue weighted by Gasteiger charge is 2.07. The van der Waals surface area contributed by atoms with Gasteiger partial charge < -0.3 is 9.84 Å². The highest BCUT2D eigenvalue weighted by molar-refractivity contribution is 5.19. The highest BCUT2D eigenvalue weighted by Crippen LogP contribution is 2.13. The van der Waals surface area contributed by atoms with E-state index in [-0.39, 0.29) is 11.9 Å². The molecule has 0 bridgehead atoms. The van der Waals surface area contributed by atoms with Gasteiger partial charge in [0.15, 0.2) is 5.82 Å². The van der Waals surface area contributed by atoms with Crippen LogP contribution in [0.2, 0.25) is 0 Å². The highest BCUT2D eigenvalue weighted by atomic mass is 19.1. The number of nitrogens with zero attached hydrogens (tertiary/aromatic N) is 2. The maximum atomic E-state index is 13.1. The van der Waals surface area contributed by atoms with Crippen molar-refractivity contribution in [2.75, 3.05) is 6.54 Å². The van der Waals surface area contributed by atoms with Crippen LogP contribution in [-0.4, -0.2) is 16.7 Å². The first-order valence-corrected chi connectivity index (χ1v) is 5.93. The smallest absolute Gasteiger partial charge is 0.227 e. The van der Waals surface area contributed by atoms with Gasteiger partial charge in [-0.05, 0) is 31.5 Å². The molecule has 0 aliphatic carbocycles. The Morgan fingerprint density at radius 1 is 1.44 bits per heavy atom. The number of aryl methyl sites for hydroxylation is 1. The molecule has 0 fully saturated rings. The first kappa shape index (κ1) is 12.7. The number of rotatable bonds is 5. The standard InChI is InChI=1S/C13H16FN3O/c1-9(11-4-3-5-12(14)8-11)15-7-6-13-16-10(2)17-18-13/h3-5,8-9,15H,6-7H2,1-2H3/t9-/m0/s1. The summed E-state index contributed by atoms with van der Waals surface area (Å²) in [6.07, 6.45) is 0.667. The number of nitrogens with one attached hydrogen (secondary N) is 1. The van der Waals surface area contributed by atoms with Gasteiger partial charge in [-0.1, -0.05) is 17.3 Å². The number of hydrogen-bond donors (Lipinski definition) is 1. The minimum absolute atomic E-state index is 0.0877. The van der Waals surface area contributed by atoms with Gasteiger partial charge in [-0.25, -0.2) is 4.39 Å². The zero-order chi connectivity index (χ0) is 13.0. The van der Waals surface area contributed by atoms with Gasteiger partial charge in [-0.15, -0.1) is 0 Å². The van der Waals surface area contributed by atoms with Gasteiger partial charge in [0.1, 0.15) is 5.82 Å². The van der Waals surface area contributed by atoms with Gasteiger partial charge in [0, 0.05) is 19.0 Å². The maximum Gasteiger partial charge on any atom is 0.227 e. The van der Waals surface area contributed by atoms with Crippen LogP contribution in [0, 0.1) is 12.7 Å². The zero-order valence-electron chi connectivity index (χ0n) is 10.5. The van der Waals surface area contributed by atoms with Gasteiger partial charge in [0.2, 0.25) is 5.89 Å². The third-order valence-corrected chi connectivity index (χ3v) is 2.71. The van der Waals surface area contributed by atoms with Crippen LogP contribution >= 0.6 is 0 Å². The monoisotopic (exact) mass is 249 g/mol. The van der Waals surface area contributed by atoms with E-state index in [4.69, 9.17) is 4.52 Å². The van der Waals surface area contributed by atoms with Crippen molar-refractivity contribution in [3.63, 3.8) is 0 Å². The molecule has 1 aromatic carbocycles. The number of benzene rings is 1. The molecule has 2 rings (SSSR count). The Balaban J connectivity index is 1.83. The molecule has 0 aliphatic heterocycles. The number of halogens is 1. The molecule has 5 heteroatoms. The van der Waals surface area contributed by atoms with Gasteiger partial charge in [-0.3, -0.25) is 0 Å². The van der Waals surface area contributed by atoms with Crippen LogP contribution < -0.4 is 5.32 Å². The van der Waals surface area contributed by atoms with Crippen LogP contribution in [-0.2, 0) is 6.42 Å². The molecule has 1 heterocycles. The summed E-state index contributed by atoms with van der Waals surface area (Å²) < 4.78 is 18.1. The van der Waals surface area contributed by atoms with Crippen LogP contribution in [0.3, 0.4) is 0 Å². The molecule has 1 N–H and O–H groups in total. The molecule has 0 radical (unpaired) electrons. The van der Waals surface area contributed by atoms with E-state index in [9.17, 15) is 4.39 Å². The van der Waals surface area contributed by atoms with Crippen molar-refractivity contribution in [3.8, 4) is 0 Å². The Hall–Kier alpha value is -1.75. The van der Waals surface area contributed by atoms with Crippen LogP contribution in [0.15, 0.2) is 28.8 Å². The molecule has 0 amide bonds. The van der Waals surface area contributed by atoms with Crippen LogP contribution in [0.5, 0.6) is 0 Å². The molecule has 0 saturated carbocycles. The topological polar surface area (TPSA) is 51.0 Å². The Bertz CT molecular complexity index is 512. The Morgan fingerprint density at radius 3 is 2.94 bits per heavy atom. The largest absolute Gasteiger partial charge is 0.339 e. The van der Waals surface area contributed by atoms with Crippen molar-refractivity contribution in [1.29, 1.82) is 0 Å². The summed E-state index contributed by atoms with van der Waals surface area (Å²) in [7, 11) is 0. The fourth-order valence-corrected chi connectivity index (χ4v) is 1.73. The van der Waals surface area contributed by atoms with Crippen molar-refractivity contribution in [3.05, 3.63) is 47.4 Å². The number of aromatic nitrogens is 2. The van der Waals surface area contributed by atoms with Gasteiger partial charge >= 0.3 is 0 Å². The fourth-order valence-electron chi connectivity index (χ4n) is 1.73. The van der Waals surface area contributed by atoms with E-state index in [2.05, 4.69) is 15.5 Å². The molecule has 4 nitrogen and oxygen atoms in total. The SMILES string of the molecule is Cc1noc(CCN[C@@H](C)c2cccc(F)c2)n1. The molecular formula is C13H16FN3O. The van der Waals surface area contributed by atoms with E-state index >= 15 is 0 Å². The molecule has 18 heavy (non-hydrogen) atoms. The average Bonchev–Trinajstić information content (AvgIpc) is 2.75. The minimum atomic E-state index is -0.214. The van der Waals surface area contributed by atoms with E-state index in [1.54, 1.807) is 13.0 Å². The Morgan fingerprint density at radius 2 is 2.28 bits per heavy atom. The Kier molecular flexibility index (Phi) is 4.04. The lowest BCUT2D eigenvalue weighted by Crippen LogP contribution is -2.21. The van der Waals surface area contributed by atoms with Crippen LogP contribution in [0.25, 0.3) is 0 Å². The van der Waals surface area contributed by atoms with E-state index in [0.29, 0.717) is 24.7 Å². The normalized spacial score (nSPS) is 12.6. The van der Waals surface area contributed by atoms with Crippen molar-refractivity contribution >= 4 is 0 Å².